The van der Waals surface area contributed by atoms with Crippen LogP contribution in [0.25, 0.3) is 11.0 Å². The molecule has 0 saturated heterocycles. The Morgan fingerprint density at radius 2 is 2.32 bits per heavy atom. The first-order valence-corrected chi connectivity index (χ1v) is 9.59. The number of rotatable bonds is 6. The third kappa shape index (κ3) is 3.51. The Hall–Kier alpha value is -1.78. The largest absolute Gasteiger partial charge is 0.550 e. The number of fused-ring (bicyclic) bond motifs is 1. The predicted molar refractivity (Wildman–Crippen MR) is 83.1 cm³/mol. The van der Waals surface area contributed by atoms with Gasteiger partial charge in [-0.25, -0.2) is 0 Å². The van der Waals surface area contributed by atoms with E-state index in [0.29, 0.717) is 23.0 Å². The highest BCUT2D eigenvalue weighted by molar-refractivity contribution is 8.45. The summed E-state index contributed by atoms with van der Waals surface area (Å²) in [5.74, 6) is -0.548. The molecule has 22 heavy (non-hydrogen) atoms. The van der Waals surface area contributed by atoms with E-state index in [1.54, 1.807) is 13.2 Å². The van der Waals surface area contributed by atoms with Gasteiger partial charge in [0, 0.05) is 18.5 Å². The quantitative estimate of drug-likeness (QED) is 0.484. The number of nitrogens with zero attached hydrogens (tertiary/aromatic N) is 4. The van der Waals surface area contributed by atoms with E-state index in [2.05, 4.69) is 19.6 Å². The lowest BCUT2D eigenvalue weighted by Crippen LogP contribution is -2.22. The van der Waals surface area contributed by atoms with Crippen LogP contribution in [0.4, 0.5) is 0 Å². The van der Waals surface area contributed by atoms with Crippen molar-refractivity contribution in [1.29, 1.82) is 0 Å². The molecule has 3 rings (SSSR count). The second kappa shape index (κ2) is 6.55. The second-order valence-corrected chi connectivity index (χ2v) is 8.54. The number of ether oxygens (including phenoxy) is 1. The fourth-order valence-corrected chi connectivity index (χ4v) is 5.96. The second-order valence-electron chi connectivity index (χ2n) is 4.17. The summed E-state index contributed by atoms with van der Waals surface area (Å²) in [6.45, 7) is 0. The zero-order chi connectivity index (χ0) is 15.5. The van der Waals surface area contributed by atoms with Crippen molar-refractivity contribution >= 4 is 48.8 Å². The van der Waals surface area contributed by atoms with Crippen LogP contribution >= 0.6 is 31.8 Å². The molecular formula is C12H10N4O3S3. The molecule has 0 N–H and O–H groups in total. The topological polar surface area (TPSA) is 101 Å². The van der Waals surface area contributed by atoms with Crippen LogP contribution in [0.5, 0.6) is 5.88 Å². The summed E-state index contributed by atoms with van der Waals surface area (Å²) in [7, 11) is 2.64. The molecule has 0 aliphatic heterocycles. The van der Waals surface area contributed by atoms with Crippen molar-refractivity contribution in [2.24, 2.45) is 0 Å². The number of aromatic nitrogens is 4. The summed E-state index contributed by atoms with van der Waals surface area (Å²) < 4.78 is 10.4. The zero-order valence-electron chi connectivity index (χ0n) is 11.4. The maximum Gasteiger partial charge on any atom is 0.233 e. The number of pyridine rings is 1. The minimum absolute atomic E-state index is 0.0450. The Labute approximate surface area is 135 Å². The van der Waals surface area contributed by atoms with Crippen molar-refractivity contribution in [2.45, 2.75) is 17.2 Å². The number of carbonyl (C=O) groups excluding carboxylic acids is 1. The molecular weight excluding hydrogens is 344 g/mol. The first-order valence-electron chi connectivity index (χ1n) is 6.19. The summed E-state index contributed by atoms with van der Waals surface area (Å²) in [5, 5.41) is 22.2. The molecule has 0 spiro atoms. The van der Waals surface area contributed by atoms with E-state index >= 15 is 0 Å². The molecule has 10 heteroatoms. The Kier molecular flexibility index (Phi) is 4.50. The van der Waals surface area contributed by atoms with Gasteiger partial charge in [-0.05, 0) is 16.9 Å². The van der Waals surface area contributed by atoms with E-state index < -0.39 is 15.7 Å². The number of carbonyl (C=O) groups is 1. The molecule has 0 bridgehead atoms. The molecule has 3 heterocycles. The maximum atomic E-state index is 10.4. The van der Waals surface area contributed by atoms with Gasteiger partial charge in [0.1, 0.15) is 5.01 Å². The molecule has 1 atom stereocenters. The first-order chi connectivity index (χ1) is 10.6. The lowest BCUT2D eigenvalue weighted by atomic mass is 10.3. The number of hydrogen-bond donors (Lipinski definition) is 0. The van der Waals surface area contributed by atoms with Gasteiger partial charge in [0.2, 0.25) is 26.7 Å². The molecule has 0 aliphatic carbocycles. The van der Waals surface area contributed by atoms with E-state index in [4.69, 9.17) is 4.74 Å². The highest BCUT2D eigenvalue weighted by Crippen LogP contribution is 2.40. The van der Waals surface area contributed by atoms with Gasteiger partial charge in [0.15, 0.2) is 15.1 Å². The smallest absolute Gasteiger partial charge is 0.233 e. The number of carboxylic acid groups (broad SMARTS) is 1. The van der Waals surface area contributed by atoms with E-state index in [1.807, 2.05) is 11.4 Å². The highest BCUT2D eigenvalue weighted by Gasteiger charge is 2.19. The van der Waals surface area contributed by atoms with Crippen LogP contribution in [0.1, 0.15) is 11.4 Å². The van der Waals surface area contributed by atoms with Crippen LogP contribution in [0.3, 0.4) is 0 Å². The summed E-state index contributed by atoms with van der Waals surface area (Å²) in [6, 6.07) is 3.72. The van der Waals surface area contributed by atoms with Gasteiger partial charge in [-0.1, -0.05) is 11.3 Å². The van der Waals surface area contributed by atoms with Crippen molar-refractivity contribution in [2.75, 3.05) is 7.11 Å². The monoisotopic (exact) mass is 354 g/mol. The van der Waals surface area contributed by atoms with Gasteiger partial charge in [0.05, 0.1) is 12.5 Å². The van der Waals surface area contributed by atoms with Crippen molar-refractivity contribution in [1.82, 2.24) is 19.6 Å². The molecule has 3 aromatic heterocycles. The Morgan fingerprint density at radius 3 is 3.09 bits per heavy atom. The number of aliphatic carboxylic acids is 1. The summed E-state index contributed by atoms with van der Waals surface area (Å²) in [6.07, 6.45) is 0.296. The number of aryl methyl sites for hydroxylation is 1. The fraction of sp³-hybridized carbons (Fsp3) is 0.250. The first kappa shape index (κ1) is 15.1. The standard InChI is InChI=1S/C12H10N4O3S3/c1-19-8-3-2-7-6-22(16-11(7)13-8)21-12-15-14-9(20-12)4-5-10(17)18/h2-3,6H,4-5H2,1H3. The van der Waals surface area contributed by atoms with Crippen LogP contribution in [0.15, 0.2) is 21.9 Å². The lowest BCUT2D eigenvalue weighted by molar-refractivity contribution is -0.305. The van der Waals surface area contributed by atoms with Gasteiger partial charge in [-0.15, -0.1) is 10.2 Å². The Bertz CT molecular complexity index is 817. The predicted octanol–water partition coefficient (Wildman–Crippen LogP) is 1.48. The molecule has 0 fully saturated rings. The number of methoxy groups -OCH3 is 1. The molecule has 0 saturated carbocycles. The Morgan fingerprint density at radius 1 is 1.45 bits per heavy atom. The molecule has 1 unspecified atom stereocenters. The third-order valence-electron chi connectivity index (χ3n) is 2.64. The van der Waals surface area contributed by atoms with Gasteiger partial charge in [-0.3, -0.25) is 0 Å². The minimum Gasteiger partial charge on any atom is -0.550 e. The van der Waals surface area contributed by atoms with Crippen LogP contribution in [0, 0.1) is 0 Å². The molecule has 0 aliphatic rings. The number of carboxylic acids is 1. The molecule has 0 aromatic carbocycles. The van der Waals surface area contributed by atoms with Gasteiger partial charge >= 0.3 is 0 Å². The van der Waals surface area contributed by atoms with Crippen LogP contribution in [-0.4, -0.2) is 32.6 Å². The van der Waals surface area contributed by atoms with Crippen LogP contribution in [0.2, 0.25) is 0 Å². The van der Waals surface area contributed by atoms with Crippen LogP contribution < -0.4 is 9.84 Å². The molecule has 7 nitrogen and oxygen atoms in total. The average molecular weight is 354 g/mol. The van der Waals surface area contributed by atoms with E-state index in [-0.39, 0.29) is 6.42 Å². The highest BCUT2D eigenvalue weighted by atomic mass is 33.1. The zero-order valence-corrected chi connectivity index (χ0v) is 13.8. The maximum absolute atomic E-state index is 10.4. The van der Waals surface area contributed by atoms with Crippen molar-refractivity contribution in [3.63, 3.8) is 0 Å². The summed E-state index contributed by atoms with van der Waals surface area (Å²) in [4.78, 5) is 14.7. The average Bonchev–Trinajstić information content (AvgIpc) is 3.10. The normalized spacial score (nSPS) is 11.8. The molecule has 0 radical (unpaired) electrons. The van der Waals surface area contributed by atoms with Gasteiger partial charge < -0.3 is 14.6 Å². The van der Waals surface area contributed by atoms with E-state index in [9.17, 15) is 9.90 Å². The SMILES string of the molecule is COc1ccc2c[s+](Sc3nnc(CCC(=O)[O-])s3)nc2n1. The van der Waals surface area contributed by atoms with Crippen LogP contribution in [-0.2, 0) is 11.2 Å². The van der Waals surface area contributed by atoms with Crippen molar-refractivity contribution < 1.29 is 14.6 Å². The third-order valence-corrected chi connectivity index (χ3v) is 6.94. The molecule has 0 amide bonds. The minimum atomic E-state index is -1.08. The van der Waals surface area contributed by atoms with Gasteiger partial charge in [0.25, 0.3) is 0 Å². The van der Waals surface area contributed by atoms with E-state index in [0.717, 1.165) is 9.73 Å². The summed E-state index contributed by atoms with van der Waals surface area (Å²) >= 11 is 1.38. The lowest BCUT2D eigenvalue weighted by Gasteiger charge is -1.95. The fourth-order valence-electron chi connectivity index (χ4n) is 1.64. The van der Waals surface area contributed by atoms with Crippen molar-refractivity contribution in [3.05, 3.63) is 22.5 Å². The molecule has 3 aromatic rings. The van der Waals surface area contributed by atoms with Crippen molar-refractivity contribution in [3.8, 4) is 5.88 Å². The number of hydrogen-bond acceptors (Lipinski definition) is 9. The molecule has 114 valence electrons. The van der Waals surface area contributed by atoms with Gasteiger partial charge in [-0.2, -0.15) is 4.98 Å². The summed E-state index contributed by atoms with van der Waals surface area (Å²) in [5.41, 5.74) is 0.664. The Balaban J connectivity index is 1.74. The van der Waals surface area contributed by atoms with E-state index in [1.165, 1.54) is 22.1 Å².